The van der Waals surface area contributed by atoms with Gasteiger partial charge >= 0.3 is 0 Å². The van der Waals surface area contributed by atoms with Gasteiger partial charge in [-0.15, -0.1) is 0 Å². The van der Waals surface area contributed by atoms with Crippen molar-refractivity contribution in [3.05, 3.63) is 28.8 Å². The van der Waals surface area contributed by atoms with E-state index in [1.165, 1.54) is 5.56 Å². The van der Waals surface area contributed by atoms with Crippen molar-refractivity contribution in [1.29, 1.82) is 5.26 Å². The Hall–Kier alpha value is -1.82. The van der Waals surface area contributed by atoms with Gasteiger partial charge in [-0.2, -0.15) is 5.26 Å². The Bertz CT molecular complexity index is 556. The fraction of sp³-hybridized carbons (Fsp3) is 0.385. The molecule has 2 atom stereocenters. The zero-order chi connectivity index (χ0) is 11.5. The van der Waals surface area contributed by atoms with Gasteiger partial charge in [0.2, 0.25) is 5.91 Å². The molecule has 0 bridgehead atoms. The second kappa shape index (κ2) is 2.65. The predicted molar refractivity (Wildman–Crippen MR) is 59.9 cm³/mol. The van der Waals surface area contributed by atoms with Crippen LogP contribution in [-0.4, -0.2) is 5.91 Å². The minimum absolute atomic E-state index is 0.00255. The molecule has 2 aliphatic rings. The minimum Gasteiger partial charge on any atom is -0.325 e. The van der Waals surface area contributed by atoms with Crippen LogP contribution in [0.3, 0.4) is 0 Å². The normalized spacial score (nSPS) is 29.8. The van der Waals surface area contributed by atoms with E-state index >= 15 is 0 Å². The van der Waals surface area contributed by atoms with Crippen molar-refractivity contribution in [2.75, 3.05) is 5.32 Å². The number of nitrogens with zero attached hydrogens (tertiary/aromatic N) is 1. The van der Waals surface area contributed by atoms with E-state index < -0.39 is 5.41 Å². The lowest BCUT2D eigenvalue weighted by molar-refractivity contribution is -0.118. The van der Waals surface area contributed by atoms with Gasteiger partial charge in [0.15, 0.2) is 0 Å². The summed E-state index contributed by atoms with van der Waals surface area (Å²) in [5.41, 5.74) is 3.72. The van der Waals surface area contributed by atoms with E-state index in [1.54, 1.807) is 0 Å². The van der Waals surface area contributed by atoms with E-state index in [0.717, 1.165) is 16.8 Å². The summed E-state index contributed by atoms with van der Waals surface area (Å²) in [6.07, 6.45) is 0.671. The van der Waals surface area contributed by atoms with Crippen LogP contribution in [-0.2, 0) is 10.2 Å². The van der Waals surface area contributed by atoms with Crippen LogP contribution < -0.4 is 5.32 Å². The zero-order valence-electron chi connectivity index (χ0n) is 9.29. The molecule has 1 spiro atoms. The molecule has 1 aromatic rings. The molecule has 0 saturated heterocycles. The fourth-order valence-corrected chi connectivity index (χ4v) is 2.66. The number of hydrogen-bond acceptors (Lipinski definition) is 2. The Morgan fingerprint density at radius 1 is 1.50 bits per heavy atom. The van der Waals surface area contributed by atoms with Gasteiger partial charge in [-0.25, -0.2) is 0 Å². The molecule has 16 heavy (non-hydrogen) atoms. The largest absolute Gasteiger partial charge is 0.325 e. The van der Waals surface area contributed by atoms with Crippen LogP contribution in [0.2, 0.25) is 0 Å². The number of aryl methyl sites for hydroxylation is 1. The van der Waals surface area contributed by atoms with Gasteiger partial charge in [-0.3, -0.25) is 4.79 Å². The molecule has 1 amide bonds. The van der Waals surface area contributed by atoms with Crippen LogP contribution in [0.5, 0.6) is 0 Å². The monoisotopic (exact) mass is 212 g/mol. The molecule has 80 valence electrons. The van der Waals surface area contributed by atoms with Crippen LogP contribution in [0.4, 0.5) is 5.69 Å². The number of benzene rings is 1. The molecule has 1 saturated carbocycles. The third-order valence-electron chi connectivity index (χ3n) is 3.98. The van der Waals surface area contributed by atoms with Crippen molar-refractivity contribution >= 4 is 11.6 Å². The first-order valence-electron chi connectivity index (χ1n) is 5.43. The van der Waals surface area contributed by atoms with Gasteiger partial charge in [0.1, 0.15) is 0 Å². The van der Waals surface area contributed by atoms with Crippen LogP contribution >= 0.6 is 0 Å². The zero-order valence-corrected chi connectivity index (χ0v) is 9.29. The highest BCUT2D eigenvalue weighted by Crippen LogP contribution is 2.60. The number of anilines is 1. The standard InChI is InChI=1S/C13H12N2O/c1-7-3-4-10-11(8(7)2)15-12(16)13(10)5-9(13)6-14/h3-4,9H,5H2,1-2H3,(H,15,16). The number of carbonyl (C=O) groups is 1. The minimum atomic E-state index is -0.525. The maximum absolute atomic E-state index is 12.0. The summed E-state index contributed by atoms with van der Waals surface area (Å²) in [6.45, 7) is 4.04. The molecule has 1 fully saturated rings. The van der Waals surface area contributed by atoms with Crippen LogP contribution in [0.1, 0.15) is 23.1 Å². The average molecular weight is 212 g/mol. The molecule has 2 unspecified atom stereocenters. The van der Waals surface area contributed by atoms with Crippen molar-refractivity contribution in [2.45, 2.75) is 25.7 Å². The molecular formula is C13H12N2O. The Morgan fingerprint density at radius 3 is 2.88 bits per heavy atom. The van der Waals surface area contributed by atoms with Crippen molar-refractivity contribution in [3.63, 3.8) is 0 Å². The Morgan fingerprint density at radius 2 is 2.25 bits per heavy atom. The maximum atomic E-state index is 12.0. The van der Waals surface area contributed by atoms with E-state index in [2.05, 4.69) is 11.4 Å². The average Bonchev–Trinajstić information content (AvgIpc) is 2.93. The highest BCUT2D eigenvalue weighted by molar-refractivity contribution is 6.10. The summed E-state index contributed by atoms with van der Waals surface area (Å²) in [4.78, 5) is 12.0. The number of nitrogens with one attached hydrogen (secondary N) is 1. The lowest BCUT2D eigenvalue weighted by Crippen LogP contribution is -2.20. The SMILES string of the molecule is Cc1ccc2c(c1C)NC(=O)C21CC1C#N. The molecular weight excluding hydrogens is 200 g/mol. The predicted octanol–water partition coefficient (Wildman–Crippen LogP) is 2.04. The smallest absolute Gasteiger partial charge is 0.236 e. The topological polar surface area (TPSA) is 52.9 Å². The maximum Gasteiger partial charge on any atom is 0.236 e. The van der Waals surface area contributed by atoms with E-state index in [1.807, 2.05) is 26.0 Å². The quantitative estimate of drug-likeness (QED) is 0.715. The van der Waals surface area contributed by atoms with Crippen LogP contribution in [0.25, 0.3) is 0 Å². The number of amides is 1. The molecule has 0 radical (unpaired) electrons. The summed E-state index contributed by atoms with van der Waals surface area (Å²) in [6, 6.07) is 6.24. The number of hydrogen-bond donors (Lipinski definition) is 1. The summed E-state index contributed by atoms with van der Waals surface area (Å²) < 4.78 is 0. The fourth-order valence-electron chi connectivity index (χ4n) is 2.66. The molecule has 1 heterocycles. The van der Waals surface area contributed by atoms with Crippen molar-refractivity contribution in [2.24, 2.45) is 5.92 Å². The lowest BCUT2D eigenvalue weighted by atomic mass is 9.92. The number of nitriles is 1. The number of rotatable bonds is 0. The van der Waals surface area contributed by atoms with Crippen molar-refractivity contribution in [1.82, 2.24) is 0 Å². The lowest BCUT2D eigenvalue weighted by Gasteiger charge is -2.08. The third kappa shape index (κ3) is 0.856. The Kier molecular flexibility index (Phi) is 1.56. The van der Waals surface area contributed by atoms with E-state index in [0.29, 0.717) is 6.42 Å². The second-order valence-electron chi connectivity index (χ2n) is 4.74. The van der Waals surface area contributed by atoms with Crippen molar-refractivity contribution in [3.8, 4) is 6.07 Å². The highest BCUT2D eigenvalue weighted by atomic mass is 16.2. The number of carbonyl (C=O) groups excluding carboxylic acids is 1. The van der Waals surface area contributed by atoms with E-state index in [9.17, 15) is 4.79 Å². The van der Waals surface area contributed by atoms with Gasteiger partial charge in [0.25, 0.3) is 0 Å². The van der Waals surface area contributed by atoms with Gasteiger partial charge in [-0.05, 0) is 37.0 Å². The molecule has 1 aliphatic heterocycles. The molecule has 0 aromatic heterocycles. The first kappa shape index (κ1) is 9.41. The molecule has 1 N–H and O–H groups in total. The Balaban J connectivity index is 2.22. The van der Waals surface area contributed by atoms with Gasteiger partial charge in [-0.1, -0.05) is 12.1 Å². The molecule has 1 aliphatic carbocycles. The van der Waals surface area contributed by atoms with Crippen LogP contribution in [0.15, 0.2) is 12.1 Å². The summed E-state index contributed by atoms with van der Waals surface area (Å²) in [5, 5.41) is 11.9. The van der Waals surface area contributed by atoms with Gasteiger partial charge in [0.05, 0.1) is 17.4 Å². The molecule has 3 heteroatoms. The van der Waals surface area contributed by atoms with Gasteiger partial charge in [0, 0.05) is 5.69 Å². The number of fused-ring (bicyclic) bond motifs is 2. The first-order chi connectivity index (χ1) is 7.61. The second-order valence-corrected chi connectivity index (χ2v) is 4.74. The van der Waals surface area contributed by atoms with Crippen LogP contribution in [0, 0.1) is 31.1 Å². The van der Waals surface area contributed by atoms with Crippen molar-refractivity contribution < 1.29 is 4.79 Å². The molecule has 3 nitrogen and oxygen atoms in total. The van der Waals surface area contributed by atoms with E-state index in [4.69, 9.17) is 5.26 Å². The van der Waals surface area contributed by atoms with Gasteiger partial charge < -0.3 is 5.32 Å². The molecule has 3 rings (SSSR count). The summed E-state index contributed by atoms with van der Waals surface area (Å²) >= 11 is 0. The van der Waals surface area contributed by atoms with E-state index in [-0.39, 0.29) is 11.8 Å². The highest BCUT2D eigenvalue weighted by Gasteiger charge is 2.65. The molecule has 1 aromatic carbocycles. The third-order valence-corrected chi connectivity index (χ3v) is 3.98. The summed E-state index contributed by atoms with van der Waals surface area (Å²) in [5.74, 6) is -0.140. The Labute approximate surface area is 94.1 Å². The first-order valence-corrected chi connectivity index (χ1v) is 5.43. The summed E-state index contributed by atoms with van der Waals surface area (Å²) in [7, 11) is 0.